The summed E-state index contributed by atoms with van der Waals surface area (Å²) in [5.41, 5.74) is 3.85. The molecule has 0 aliphatic carbocycles. The average Bonchev–Trinajstić information content (AvgIpc) is 2.85. The van der Waals surface area contributed by atoms with E-state index in [-0.39, 0.29) is 6.03 Å². The van der Waals surface area contributed by atoms with E-state index in [0.717, 1.165) is 38.5 Å². The smallest absolute Gasteiger partial charge is 0.323 e. The molecule has 2 N–H and O–H groups in total. The maximum absolute atomic E-state index is 12.3. The highest BCUT2D eigenvalue weighted by Gasteiger charge is 2.18. The number of amides is 2. The molecule has 1 fully saturated rings. The Hall–Kier alpha value is -3.78. The highest BCUT2D eigenvalue weighted by molar-refractivity contribution is 5.99. The number of piperazine rings is 1. The molecule has 0 atom stereocenters. The van der Waals surface area contributed by atoms with Crippen LogP contribution in [-0.4, -0.2) is 63.3 Å². The summed E-state index contributed by atoms with van der Waals surface area (Å²) < 4.78 is 5.18. The number of carbonyl (C=O) groups is 1. The summed E-state index contributed by atoms with van der Waals surface area (Å²) in [4.78, 5) is 23.7. The third kappa shape index (κ3) is 6.17. The van der Waals surface area contributed by atoms with Gasteiger partial charge in [-0.05, 0) is 42.0 Å². The summed E-state index contributed by atoms with van der Waals surface area (Å²) in [5, 5.41) is 5.62. The van der Waals surface area contributed by atoms with E-state index in [9.17, 15) is 4.79 Å². The normalized spacial score (nSPS) is 13.9. The third-order valence-electron chi connectivity index (χ3n) is 5.89. The standard InChI is InChI=1S/C26H32N6O2/c1-30(2)23-10-7-20(8-11-23)19-31-13-15-32(16-14-31)25-12-9-22(18-27-25)29-26(33)28-21-5-4-6-24(17-21)34-3/h4-12,17-18H,13-16,19H2,1-3H3,(H2,28,29,33). The molecule has 0 bridgehead atoms. The van der Waals surface area contributed by atoms with Gasteiger partial charge in [0.1, 0.15) is 11.6 Å². The van der Waals surface area contributed by atoms with Crippen LogP contribution in [-0.2, 0) is 6.54 Å². The lowest BCUT2D eigenvalue weighted by atomic mass is 10.1. The first-order chi connectivity index (χ1) is 16.5. The summed E-state index contributed by atoms with van der Waals surface area (Å²) >= 11 is 0. The number of aromatic nitrogens is 1. The quantitative estimate of drug-likeness (QED) is 0.553. The van der Waals surface area contributed by atoms with Crippen LogP contribution in [0.2, 0.25) is 0 Å². The highest BCUT2D eigenvalue weighted by Crippen LogP contribution is 2.20. The number of urea groups is 1. The maximum Gasteiger partial charge on any atom is 0.323 e. The zero-order chi connectivity index (χ0) is 23.9. The summed E-state index contributed by atoms with van der Waals surface area (Å²) in [6, 6.07) is 19.5. The predicted octanol–water partition coefficient (Wildman–Crippen LogP) is 4.12. The van der Waals surface area contributed by atoms with Crippen LogP contribution < -0.4 is 25.2 Å². The molecule has 0 saturated carbocycles. The number of anilines is 4. The van der Waals surface area contributed by atoms with Gasteiger partial charge in [0.25, 0.3) is 0 Å². The minimum Gasteiger partial charge on any atom is -0.497 e. The molecule has 2 heterocycles. The molecule has 178 valence electrons. The number of hydrogen-bond donors (Lipinski definition) is 2. The van der Waals surface area contributed by atoms with Crippen LogP contribution >= 0.6 is 0 Å². The third-order valence-corrected chi connectivity index (χ3v) is 5.89. The molecule has 0 radical (unpaired) electrons. The van der Waals surface area contributed by atoms with Gasteiger partial charge < -0.3 is 25.2 Å². The van der Waals surface area contributed by atoms with Gasteiger partial charge in [-0.25, -0.2) is 9.78 Å². The molecule has 1 aromatic heterocycles. The second-order valence-corrected chi connectivity index (χ2v) is 8.54. The van der Waals surface area contributed by atoms with Gasteiger partial charge in [-0.3, -0.25) is 4.90 Å². The van der Waals surface area contributed by atoms with E-state index in [1.54, 1.807) is 19.4 Å². The van der Waals surface area contributed by atoms with Gasteiger partial charge in [-0.15, -0.1) is 0 Å². The second kappa shape index (κ2) is 10.9. The Morgan fingerprint density at radius 3 is 2.35 bits per heavy atom. The zero-order valence-corrected chi connectivity index (χ0v) is 20.0. The van der Waals surface area contributed by atoms with Crippen molar-refractivity contribution in [2.24, 2.45) is 0 Å². The molecular formula is C26H32N6O2. The van der Waals surface area contributed by atoms with E-state index in [0.29, 0.717) is 17.1 Å². The van der Waals surface area contributed by atoms with Crippen molar-refractivity contribution in [2.75, 3.05) is 67.8 Å². The van der Waals surface area contributed by atoms with Crippen molar-refractivity contribution >= 4 is 28.9 Å². The molecular weight excluding hydrogens is 428 g/mol. The summed E-state index contributed by atoms with van der Waals surface area (Å²) in [7, 11) is 5.71. The SMILES string of the molecule is COc1cccc(NC(=O)Nc2ccc(N3CCN(Cc4ccc(N(C)C)cc4)CC3)nc2)c1. The topological polar surface area (TPSA) is 73.0 Å². The molecule has 2 aromatic carbocycles. The van der Waals surface area contributed by atoms with Crippen LogP contribution in [0, 0.1) is 0 Å². The first-order valence-electron chi connectivity index (χ1n) is 11.4. The van der Waals surface area contributed by atoms with Gasteiger partial charge in [0, 0.05) is 64.3 Å². The highest BCUT2D eigenvalue weighted by atomic mass is 16.5. The van der Waals surface area contributed by atoms with Crippen molar-refractivity contribution in [3.8, 4) is 5.75 Å². The Kier molecular flexibility index (Phi) is 7.49. The number of benzene rings is 2. The average molecular weight is 461 g/mol. The summed E-state index contributed by atoms with van der Waals surface area (Å²) in [6.45, 7) is 4.78. The predicted molar refractivity (Wildman–Crippen MR) is 138 cm³/mol. The number of hydrogen-bond acceptors (Lipinski definition) is 6. The van der Waals surface area contributed by atoms with Crippen LogP contribution in [0.15, 0.2) is 66.9 Å². The molecule has 0 spiro atoms. The van der Waals surface area contributed by atoms with E-state index in [2.05, 4.69) is 68.7 Å². The number of methoxy groups -OCH3 is 1. The number of ether oxygens (including phenoxy) is 1. The Labute approximate surface area is 201 Å². The van der Waals surface area contributed by atoms with Gasteiger partial charge in [0.15, 0.2) is 0 Å². The lowest BCUT2D eigenvalue weighted by Crippen LogP contribution is -2.46. The van der Waals surface area contributed by atoms with E-state index in [1.807, 2.05) is 30.3 Å². The number of nitrogens with zero attached hydrogens (tertiary/aromatic N) is 4. The van der Waals surface area contributed by atoms with Gasteiger partial charge in [-0.2, -0.15) is 0 Å². The minimum absolute atomic E-state index is 0.324. The lowest BCUT2D eigenvalue weighted by Gasteiger charge is -2.35. The van der Waals surface area contributed by atoms with Crippen molar-refractivity contribution < 1.29 is 9.53 Å². The molecule has 8 nitrogen and oxygen atoms in total. The van der Waals surface area contributed by atoms with Gasteiger partial charge in [-0.1, -0.05) is 18.2 Å². The van der Waals surface area contributed by atoms with Crippen LogP contribution in [0.25, 0.3) is 0 Å². The van der Waals surface area contributed by atoms with E-state index < -0.39 is 0 Å². The van der Waals surface area contributed by atoms with Crippen LogP contribution in [0.3, 0.4) is 0 Å². The number of nitrogens with one attached hydrogen (secondary N) is 2. The van der Waals surface area contributed by atoms with E-state index >= 15 is 0 Å². The number of rotatable bonds is 7. The van der Waals surface area contributed by atoms with Crippen LogP contribution in [0.4, 0.5) is 27.7 Å². The van der Waals surface area contributed by atoms with Crippen LogP contribution in [0.5, 0.6) is 5.75 Å². The number of pyridine rings is 1. The monoisotopic (exact) mass is 460 g/mol. The Balaban J connectivity index is 1.25. The van der Waals surface area contributed by atoms with Gasteiger partial charge in [0.2, 0.25) is 0 Å². The molecule has 3 aromatic rings. The first-order valence-corrected chi connectivity index (χ1v) is 11.4. The van der Waals surface area contributed by atoms with Crippen molar-refractivity contribution in [3.05, 3.63) is 72.4 Å². The van der Waals surface area contributed by atoms with Gasteiger partial charge in [0.05, 0.1) is 19.0 Å². The fourth-order valence-corrected chi connectivity index (χ4v) is 3.93. The minimum atomic E-state index is -0.324. The van der Waals surface area contributed by atoms with Crippen molar-refractivity contribution in [2.45, 2.75) is 6.54 Å². The molecule has 1 aliphatic rings. The fraction of sp³-hybridized carbons (Fsp3) is 0.308. The Morgan fingerprint density at radius 1 is 0.971 bits per heavy atom. The molecule has 8 heteroatoms. The Morgan fingerprint density at radius 2 is 1.71 bits per heavy atom. The Bertz CT molecular complexity index is 1080. The second-order valence-electron chi connectivity index (χ2n) is 8.54. The van der Waals surface area contributed by atoms with E-state index in [4.69, 9.17) is 4.74 Å². The molecule has 1 aliphatic heterocycles. The maximum atomic E-state index is 12.3. The van der Waals surface area contributed by atoms with Crippen molar-refractivity contribution in [1.82, 2.24) is 9.88 Å². The zero-order valence-electron chi connectivity index (χ0n) is 20.0. The molecule has 1 saturated heterocycles. The first kappa shape index (κ1) is 23.4. The van der Waals surface area contributed by atoms with Crippen molar-refractivity contribution in [3.63, 3.8) is 0 Å². The molecule has 4 rings (SSSR count). The van der Waals surface area contributed by atoms with E-state index in [1.165, 1.54) is 11.3 Å². The van der Waals surface area contributed by atoms with Crippen molar-refractivity contribution in [1.29, 1.82) is 0 Å². The fourth-order valence-electron chi connectivity index (χ4n) is 3.93. The molecule has 0 unspecified atom stereocenters. The molecule has 2 amide bonds. The largest absolute Gasteiger partial charge is 0.497 e. The number of carbonyl (C=O) groups excluding carboxylic acids is 1. The lowest BCUT2D eigenvalue weighted by molar-refractivity contribution is 0.249. The van der Waals surface area contributed by atoms with Gasteiger partial charge >= 0.3 is 6.03 Å². The van der Waals surface area contributed by atoms with Crippen LogP contribution in [0.1, 0.15) is 5.56 Å². The summed E-state index contributed by atoms with van der Waals surface area (Å²) in [6.07, 6.45) is 1.69. The molecule has 34 heavy (non-hydrogen) atoms. The summed E-state index contributed by atoms with van der Waals surface area (Å²) in [5.74, 6) is 1.61.